The summed E-state index contributed by atoms with van der Waals surface area (Å²) in [5.41, 5.74) is 1.51. The number of nitrogens with zero attached hydrogens (tertiary/aromatic N) is 2. The Labute approximate surface area is 167 Å². The third-order valence-corrected chi connectivity index (χ3v) is 4.66. The lowest BCUT2D eigenvalue weighted by molar-refractivity contribution is 0.111. The molecule has 0 aliphatic carbocycles. The summed E-state index contributed by atoms with van der Waals surface area (Å²) in [6, 6.07) is 12.9. The van der Waals surface area contributed by atoms with Crippen molar-refractivity contribution in [3.05, 3.63) is 59.5 Å². The quantitative estimate of drug-likeness (QED) is 0.290. The monoisotopic (exact) mass is 400 g/mol. The SMILES string of the molecule is COc1ccc(Cc2nnc(SCCOc3c(C=O)cccc3OC)o2)cc1. The van der Waals surface area contributed by atoms with Crippen molar-refractivity contribution in [2.45, 2.75) is 11.6 Å². The summed E-state index contributed by atoms with van der Waals surface area (Å²) in [6.07, 6.45) is 1.30. The molecule has 0 aliphatic heterocycles. The average molecular weight is 400 g/mol. The van der Waals surface area contributed by atoms with E-state index in [2.05, 4.69) is 10.2 Å². The van der Waals surface area contributed by atoms with Gasteiger partial charge in [-0.3, -0.25) is 4.79 Å². The van der Waals surface area contributed by atoms with Crippen molar-refractivity contribution in [1.82, 2.24) is 10.2 Å². The minimum Gasteiger partial charge on any atom is -0.497 e. The molecule has 0 fully saturated rings. The van der Waals surface area contributed by atoms with E-state index in [1.807, 2.05) is 24.3 Å². The molecule has 0 radical (unpaired) electrons. The third kappa shape index (κ3) is 5.04. The Morgan fingerprint density at radius 3 is 2.61 bits per heavy atom. The number of aldehydes is 1. The van der Waals surface area contributed by atoms with Gasteiger partial charge >= 0.3 is 0 Å². The highest BCUT2D eigenvalue weighted by Gasteiger charge is 2.11. The molecular weight excluding hydrogens is 380 g/mol. The number of benzene rings is 2. The molecule has 1 heterocycles. The molecule has 28 heavy (non-hydrogen) atoms. The molecule has 3 aromatic rings. The van der Waals surface area contributed by atoms with Crippen molar-refractivity contribution in [2.75, 3.05) is 26.6 Å². The molecule has 0 saturated carbocycles. The fourth-order valence-electron chi connectivity index (χ4n) is 2.50. The Balaban J connectivity index is 1.50. The molecule has 0 saturated heterocycles. The van der Waals surface area contributed by atoms with Crippen LogP contribution in [0.1, 0.15) is 21.8 Å². The minimum atomic E-state index is 0.363. The van der Waals surface area contributed by atoms with E-state index in [4.69, 9.17) is 18.6 Å². The van der Waals surface area contributed by atoms with E-state index in [0.717, 1.165) is 17.6 Å². The second-order valence-electron chi connectivity index (χ2n) is 5.68. The zero-order valence-corrected chi connectivity index (χ0v) is 16.4. The molecule has 0 N–H and O–H groups in total. The zero-order valence-electron chi connectivity index (χ0n) is 15.6. The molecule has 146 valence electrons. The Morgan fingerprint density at radius 1 is 1.07 bits per heavy atom. The summed E-state index contributed by atoms with van der Waals surface area (Å²) in [6.45, 7) is 0.363. The Morgan fingerprint density at radius 2 is 1.89 bits per heavy atom. The summed E-state index contributed by atoms with van der Waals surface area (Å²) in [5.74, 6) is 2.89. The minimum absolute atomic E-state index is 0.363. The average Bonchev–Trinajstić information content (AvgIpc) is 3.18. The van der Waals surface area contributed by atoms with Gasteiger partial charge in [-0.05, 0) is 29.8 Å². The van der Waals surface area contributed by atoms with Crippen molar-refractivity contribution in [3.8, 4) is 17.2 Å². The first-order valence-corrected chi connectivity index (χ1v) is 9.55. The van der Waals surface area contributed by atoms with Gasteiger partial charge in [0.05, 0.1) is 32.8 Å². The highest BCUT2D eigenvalue weighted by Crippen LogP contribution is 2.30. The van der Waals surface area contributed by atoms with Gasteiger partial charge in [0.2, 0.25) is 5.89 Å². The largest absolute Gasteiger partial charge is 0.497 e. The third-order valence-electron chi connectivity index (χ3n) is 3.87. The maximum absolute atomic E-state index is 11.2. The van der Waals surface area contributed by atoms with E-state index in [0.29, 0.717) is 47.0 Å². The van der Waals surface area contributed by atoms with Gasteiger partial charge < -0.3 is 18.6 Å². The van der Waals surface area contributed by atoms with Gasteiger partial charge in [-0.2, -0.15) is 0 Å². The van der Waals surface area contributed by atoms with E-state index >= 15 is 0 Å². The molecule has 8 heteroatoms. The maximum Gasteiger partial charge on any atom is 0.276 e. The summed E-state index contributed by atoms with van der Waals surface area (Å²) in [4.78, 5) is 11.2. The van der Waals surface area contributed by atoms with Crippen LogP contribution in [0.3, 0.4) is 0 Å². The van der Waals surface area contributed by atoms with Crippen LogP contribution in [0.4, 0.5) is 0 Å². The first kappa shape index (κ1) is 19.8. The van der Waals surface area contributed by atoms with Crippen molar-refractivity contribution in [3.63, 3.8) is 0 Å². The van der Waals surface area contributed by atoms with Gasteiger partial charge in [-0.25, -0.2) is 0 Å². The Kier molecular flexibility index (Phi) is 6.91. The van der Waals surface area contributed by atoms with Crippen LogP contribution in [-0.4, -0.2) is 43.1 Å². The normalized spacial score (nSPS) is 10.5. The summed E-state index contributed by atoms with van der Waals surface area (Å²) < 4.78 is 21.8. The number of para-hydroxylation sites is 1. The highest BCUT2D eigenvalue weighted by atomic mass is 32.2. The Hall–Kier alpha value is -3.00. The van der Waals surface area contributed by atoms with Crippen LogP contribution in [0.15, 0.2) is 52.1 Å². The van der Waals surface area contributed by atoms with Crippen LogP contribution >= 0.6 is 11.8 Å². The number of ether oxygens (including phenoxy) is 3. The smallest absolute Gasteiger partial charge is 0.276 e. The maximum atomic E-state index is 11.2. The predicted molar refractivity (Wildman–Crippen MR) is 105 cm³/mol. The number of carbonyl (C=O) groups is 1. The van der Waals surface area contributed by atoms with Crippen LogP contribution in [0.25, 0.3) is 0 Å². The molecule has 7 nitrogen and oxygen atoms in total. The lowest BCUT2D eigenvalue weighted by atomic mass is 10.1. The van der Waals surface area contributed by atoms with E-state index < -0.39 is 0 Å². The molecule has 0 amide bonds. The number of hydrogen-bond donors (Lipinski definition) is 0. The fraction of sp³-hybridized carbons (Fsp3) is 0.250. The summed E-state index contributed by atoms with van der Waals surface area (Å²) >= 11 is 1.39. The van der Waals surface area contributed by atoms with Crippen LogP contribution in [0.5, 0.6) is 17.2 Å². The molecule has 0 bridgehead atoms. The first-order chi connectivity index (χ1) is 13.7. The second kappa shape index (κ2) is 9.80. The Bertz CT molecular complexity index is 911. The van der Waals surface area contributed by atoms with Crippen molar-refractivity contribution in [2.24, 2.45) is 0 Å². The van der Waals surface area contributed by atoms with Gasteiger partial charge in [0.15, 0.2) is 17.8 Å². The first-order valence-electron chi connectivity index (χ1n) is 8.56. The molecule has 2 aromatic carbocycles. The summed E-state index contributed by atoms with van der Waals surface area (Å²) in [7, 11) is 3.17. The molecule has 0 atom stereocenters. The number of carbonyl (C=O) groups excluding carboxylic acids is 1. The number of aromatic nitrogens is 2. The molecular formula is C20H20N2O5S. The molecule has 1 aromatic heterocycles. The van der Waals surface area contributed by atoms with Gasteiger partial charge in [0.25, 0.3) is 5.22 Å². The molecule has 3 rings (SSSR count). The lowest BCUT2D eigenvalue weighted by Gasteiger charge is -2.11. The van der Waals surface area contributed by atoms with E-state index in [-0.39, 0.29) is 0 Å². The standard InChI is InChI=1S/C20H20N2O5S/c1-24-16-8-6-14(7-9-16)12-18-21-22-20(27-18)28-11-10-26-19-15(13-23)4-3-5-17(19)25-2/h3-9,13H,10-12H2,1-2H3. The predicted octanol–water partition coefficient (Wildman–Crippen LogP) is 3.66. The number of thioether (sulfide) groups is 1. The lowest BCUT2D eigenvalue weighted by Crippen LogP contribution is -2.04. The van der Waals surface area contributed by atoms with Gasteiger partial charge in [0, 0.05) is 5.75 Å². The van der Waals surface area contributed by atoms with Crippen LogP contribution < -0.4 is 14.2 Å². The van der Waals surface area contributed by atoms with Gasteiger partial charge in [0.1, 0.15) is 5.75 Å². The van der Waals surface area contributed by atoms with Crippen LogP contribution in [0.2, 0.25) is 0 Å². The van der Waals surface area contributed by atoms with Crippen LogP contribution in [0, 0.1) is 0 Å². The number of methoxy groups -OCH3 is 2. The fourth-order valence-corrected chi connectivity index (χ4v) is 3.09. The van der Waals surface area contributed by atoms with Crippen molar-refractivity contribution in [1.29, 1.82) is 0 Å². The van der Waals surface area contributed by atoms with E-state index in [9.17, 15) is 4.79 Å². The summed E-state index contributed by atoms with van der Waals surface area (Å²) in [5, 5.41) is 8.59. The van der Waals surface area contributed by atoms with E-state index in [1.165, 1.54) is 18.9 Å². The van der Waals surface area contributed by atoms with Crippen molar-refractivity contribution < 1.29 is 23.4 Å². The molecule has 0 unspecified atom stereocenters. The molecule has 0 spiro atoms. The van der Waals surface area contributed by atoms with Gasteiger partial charge in [-0.1, -0.05) is 30.0 Å². The zero-order chi connectivity index (χ0) is 19.8. The van der Waals surface area contributed by atoms with Crippen LogP contribution in [-0.2, 0) is 6.42 Å². The topological polar surface area (TPSA) is 83.7 Å². The van der Waals surface area contributed by atoms with E-state index in [1.54, 1.807) is 25.3 Å². The van der Waals surface area contributed by atoms with Gasteiger partial charge in [-0.15, -0.1) is 10.2 Å². The molecule has 0 aliphatic rings. The van der Waals surface area contributed by atoms with Crippen molar-refractivity contribution >= 4 is 18.0 Å². The highest BCUT2D eigenvalue weighted by molar-refractivity contribution is 7.99. The number of hydrogen-bond acceptors (Lipinski definition) is 8. The second-order valence-corrected chi connectivity index (χ2v) is 6.73. The number of rotatable bonds is 10.